The number of para-hydroxylation sites is 2. The van der Waals surface area contributed by atoms with Crippen molar-refractivity contribution in [3.05, 3.63) is 88.5 Å². The average Bonchev–Trinajstić information content (AvgIpc) is 3.00. The third-order valence-corrected chi connectivity index (χ3v) is 5.11. The summed E-state index contributed by atoms with van der Waals surface area (Å²) in [5.74, 6) is -1.83. The highest BCUT2D eigenvalue weighted by molar-refractivity contribution is 6.35. The van der Waals surface area contributed by atoms with Crippen LogP contribution in [0.5, 0.6) is 5.75 Å². The number of nitrogens with zero attached hydrogens (tertiary/aromatic N) is 1. The molecule has 32 heavy (non-hydrogen) atoms. The van der Waals surface area contributed by atoms with Crippen LogP contribution in [-0.2, 0) is 0 Å². The Labute approximate surface area is 182 Å². The standard InChI is InChI=1S/C24H18F2N2O4/c1-13-7-8-14(2)19(11-13)28-22(30)16-10-9-15(12-17(16)23(28)31)21(29)27-18-5-3-4-6-20(18)32-24(25)26/h3-12,24H,1-2H3,(H,27,29). The number of benzene rings is 3. The molecule has 0 fully saturated rings. The molecule has 3 aromatic rings. The summed E-state index contributed by atoms with van der Waals surface area (Å²) in [6.45, 7) is 0.614. The van der Waals surface area contributed by atoms with Crippen molar-refractivity contribution in [3.63, 3.8) is 0 Å². The van der Waals surface area contributed by atoms with Crippen molar-refractivity contribution < 1.29 is 27.9 Å². The number of halogens is 2. The van der Waals surface area contributed by atoms with Crippen LogP contribution in [0, 0.1) is 13.8 Å². The van der Waals surface area contributed by atoms with Gasteiger partial charge in [-0.1, -0.05) is 24.3 Å². The minimum Gasteiger partial charge on any atom is -0.433 e. The van der Waals surface area contributed by atoms with Gasteiger partial charge in [-0.2, -0.15) is 8.78 Å². The summed E-state index contributed by atoms with van der Waals surface area (Å²) in [6.07, 6.45) is 0. The highest BCUT2D eigenvalue weighted by Crippen LogP contribution is 2.32. The monoisotopic (exact) mass is 436 g/mol. The normalized spacial score (nSPS) is 12.8. The van der Waals surface area contributed by atoms with Crippen LogP contribution in [0.25, 0.3) is 0 Å². The number of anilines is 2. The number of hydrogen-bond donors (Lipinski definition) is 1. The Morgan fingerprint density at radius 3 is 2.41 bits per heavy atom. The van der Waals surface area contributed by atoms with Crippen molar-refractivity contribution >= 4 is 29.1 Å². The number of rotatable bonds is 5. The molecule has 3 aromatic carbocycles. The third-order valence-electron chi connectivity index (χ3n) is 5.11. The molecule has 1 aliphatic heterocycles. The van der Waals surface area contributed by atoms with E-state index in [4.69, 9.17) is 0 Å². The Hall–Kier alpha value is -4.07. The van der Waals surface area contributed by atoms with Crippen LogP contribution in [0.3, 0.4) is 0 Å². The number of carbonyl (C=O) groups is 3. The molecule has 1 N–H and O–H groups in total. The van der Waals surface area contributed by atoms with Gasteiger partial charge in [0.05, 0.1) is 22.5 Å². The fourth-order valence-electron chi connectivity index (χ4n) is 3.52. The molecule has 1 heterocycles. The van der Waals surface area contributed by atoms with Gasteiger partial charge >= 0.3 is 6.61 Å². The Morgan fingerprint density at radius 2 is 1.66 bits per heavy atom. The number of amides is 3. The summed E-state index contributed by atoms with van der Waals surface area (Å²) in [4.78, 5) is 39.8. The summed E-state index contributed by atoms with van der Waals surface area (Å²) < 4.78 is 29.6. The summed E-state index contributed by atoms with van der Waals surface area (Å²) in [6, 6.07) is 15.4. The van der Waals surface area contributed by atoms with Crippen molar-refractivity contribution in [1.82, 2.24) is 0 Å². The number of nitrogens with one attached hydrogen (secondary N) is 1. The first kappa shape index (κ1) is 21.2. The zero-order chi connectivity index (χ0) is 23.0. The third kappa shape index (κ3) is 3.82. The lowest BCUT2D eigenvalue weighted by atomic mass is 10.1. The largest absolute Gasteiger partial charge is 0.433 e. The Bertz CT molecular complexity index is 1260. The molecule has 0 saturated heterocycles. The molecule has 0 bridgehead atoms. The Morgan fingerprint density at radius 1 is 0.938 bits per heavy atom. The van der Waals surface area contributed by atoms with E-state index < -0.39 is 24.3 Å². The second-order valence-corrected chi connectivity index (χ2v) is 7.32. The number of aryl methyl sites for hydroxylation is 2. The van der Waals surface area contributed by atoms with E-state index in [-0.39, 0.29) is 28.1 Å². The van der Waals surface area contributed by atoms with Gasteiger partial charge < -0.3 is 10.1 Å². The number of hydrogen-bond acceptors (Lipinski definition) is 4. The predicted octanol–water partition coefficient (Wildman–Crippen LogP) is 4.96. The molecule has 4 rings (SSSR count). The lowest BCUT2D eigenvalue weighted by molar-refractivity contribution is -0.0493. The molecule has 1 aliphatic rings. The van der Waals surface area contributed by atoms with E-state index in [9.17, 15) is 23.2 Å². The van der Waals surface area contributed by atoms with Gasteiger partial charge in [0.1, 0.15) is 5.75 Å². The second kappa shape index (κ2) is 8.22. The first-order chi connectivity index (χ1) is 15.3. The lowest BCUT2D eigenvalue weighted by Crippen LogP contribution is -2.30. The van der Waals surface area contributed by atoms with Gasteiger partial charge in [-0.05, 0) is 61.4 Å². The molecule has 0 spiro atoms. The minimum atomic E-state index is -3.05. The maximum absolute atomic E-state index is 13.0. The van der Waals surface area contributed by atoms with E-state index in [1.165, 1.54) is 36.4 Å². The van der Waals surface area contributed by atoms with Crippen LogP contribution in [0.1, 0.15) is 42.2 Å². The van der Waals surface area contributed by atoms with Crippen molar-refractivity contribution in [2.24, 2.45) is 0 Å². The smallest absolute Gasteiger partial charge is 0.387 e. The Balaban J connectivity index is 1.63. The zero-order valence-corrected chi connectivity index (χ0v) is 17.2. The molecule has 0 aromatic heterocycles. The summed E-state index contributed by atoms with van der Waals surface area (Å²) in [5.41, 5.74) is 2.58. The summed E-state index contributed by atoms with van der Waals surface area (Å²) in [5, 5.41) is 2.50. The molecule has 3 amide bonds. The van der Waals surface area contributed by atoms with Crippen LogP contribution in [0.2, 0.25) is 0 Å². The van der Waals surface area contributed by atoms with Crippen molar-refractivity contribution in [3.8, 4) is 5.75 Å². The van der Waals surface area contributed by atoms with E-state index in [0.717, 1.165) is 16.0 Å². The number of ether oxygens (including phenoxy) is 1. The number of imide groups is 1. The van der Waals surface area contributed by atoms with E-state index in [1.807, 2.05) is 19.1 Å². The van der Waals surface area contributed by atoms with Gasteiger partial charge in [-0.3, -0.25) is 14.4 Å². The van der Waals surface area contributed by atoms with E-state index in [0.29, 0.717) is 5.69 Å². The molecule has 0 atom stereocenters. The quantitative estimate of drug-likeness (QED) is 0.574. The first-order valence-electron chi connectivity index (χ1n) is 9.71. The van der Waals surface area contributed by atoms with Crippen LogP contribution < -0.4 is 15.0 Å². The minimum absolute atomic E-state index is 0.0534. The van der Waals surface area contributed by atoms with Crippen molar-refractivity contribution in [1.29, 1.82) is 0 Å². The predicted molar refractivity (Wildman–Crippen MR) is 115 cm³/mol. The second-order valence-electron chi connectivity index (χ2n) is 7.32. The SMILES string of the molecule is Cc1ccc(C)c(N2C(=O)c3ccc(C(=O)Nc4ccccc4OC(F)F)cc3C2=O)c1. The maximum atomic E-state index is 13.0. The van der Waals surface area contributed by atoms with Gasteiger partial charge in [0.2, 0.25) is 0 Å². The molecule has 0 aliphatic carbocycles. The van der Waals surface area contributed by atoms with Crippen LogP contribution in [0.4, 0.5) is 20.2 Å². The van der Waals surface area contributed by atoms with Crippen LogP contribution >= 0.6 is 0 Å². The highest BCUT2D eigenvalue weighted by atomic mass is 19.3. The van der Waals surface area contributed by atoms with Gasteiger partial charge in [0, 0.05) is 5.56 Å². The average molecular weight is 436 g/mol. The zero-order valence-electron chi connectivity index (χ0n) is 17.2. The van der Waals surface area contributed by atoms with Gasteiger partial charge in [-0.25, -0.2) is 4.90 Å². The van der Waals surface area contributed by atoms with Crippen molar-refractivity contribution in [2.75, 3.05) is 10.2 Å². The summed E-state index contributed by atoms with van der Waals surface area (Å²) in [7, 11) is 0. The van der Waals surface area contributed by atoms with Crippen molar-refractivity contribution in [2.45, 2.75) is 20.5 Å². The molecule has 0 radical (unpaired) electrons. The van der Waals surface area contributed by atoms with E-state index >= 15 is 0 Å². The molecular formula is C24H18F2N2O4. The fourth-order valence-corrected chi connectivity index (χ4v) is 3.52. The molecule has 0 saturated carbocycles. The molecule has 0 unspecified atom stereocenters. The lowest BCUT2D eigenvalue weighted by Gasteiger charge is -2.17. The molecule has 8 heteroatoms. The molecule has 6 nitrogen and oxygen atoms in total. The number of alkyl halides is 2. The molecular weight excluding hydrogens is 418 g/mol. The van der Waals surface area contributed by atoms with E-state index in [2.05, 4.69) is 10.1 Å². The summed E-state index contributed by atoms with van der Waals surface area (Å²) >= 11 is 0. The van der Waals surface area contributed by atoms with Gasteiger partial charge in [0.15, 0.2) is 0 Å². The van der Waals surface area contributed by atoms with E-state index in [1.54, 1.807) is 19.1 Å². The van der Waals surface area contributed by atoms with Crippen LogP contribution in [0.15, 0.2) is 60.7 Å². The topological polar surface area (TPSA) is 75.7 Å². The highest BCUT2D eigenvalue weighted by Gasteiger charge is 2.37. The van der Waals surface area contributed by atoms with Gasteiger partial charge in [-0.15, -0.1) is 0 Å². The van der Waals surface area contributed by atoms with Gasteiger partial charge in [0.25, 0.3) is 17.7 Å². The number of fused-ring (bicyclic) bond motifs is 1. The fraction of sp³-hybridized carbons (Fsp3) is 0.125. The molecule has 162 valence electrons. The number of carbonyl (C=O) groups excluding carboxylic acids is 3. The maximum Gasteiger partial charge on any atom is 0.387 e. The first-order valence-corrected chi connectivity index (χ1v) is 9.71. The Kier molecular flexibility index (Phi) is 5.44. The van der Waals surface area contributed by atoms with Crippen LogP contribution in [-0.4, -0.2) is 24.3 Å².